The van der Waals surface area contributed by atoms with Crippen LogP contribution in [0.3, 0.4) is 0 Å². The average Bonchev–Trinajstić information content (AvgIpc) is 2.34. The SMILES string of the molecule is Cl.N[C@H](CF)c1ccc(Br)s1. The van der Waals surface area contributed by atoms with Gasteiger partial charge in [0.1, 0.15) is 6.67 Å². The summed E-state index contributed by atoms with van der Waals surface area (Å²) in [6, 6.07) is 3.26. The predicted octanol–water partition coefficient (Wildman–Crippen LogP) is 2.90. The van der Waals surface area contributed by atoms with Gasteiger partial charge in [0, 0.05) is 4.88 Å². The second kappa shape index (κ2) is 5.09. The predicted molar refractivity (Wildman–Crippen MR) is 52.2 cm³/mol. The van der Waals surface area contributed by atoms with Gasteiger partial charge in [0.05, 0.1) is 9.83 Å². The zero-order valence-corrected chi connectivity index (χ0v) is 8.81. The maximum absolute atomic E-state index is 11.9. The number of thiophene rings is 1. The molecule has 0 aliphatic carbocycles. The van der Waals surface area contributed by atoms with Crippen molar-refractivity contribution in [3.05, 3.63) is 20.8 Å². The molecule has 0 radical (unpaired) electrons. The second-order valence-electron chi connectivity index (χ2n) is 1.90. The van der Waals surface area contributed by atoms with Crippen molar-refractivity contribution in [1.82, 2.24) is 0 Å². The molecule has 0 spiro atoms. The Hall–Kier alpha value is 0.360. The first-order valence-corrected chi connectivity index (χ1v) is 4.41. The maximum Gasteiger partial charge on any atom is 0.109 e. The van der Waals surface area contributed by atoms with Gasteiger partial charge in [-0.2, -0.15) is 0 Å². The lowest BCUT2D eigenvalue weighted by Gasteiger charge is -2.00. The topological polar surface area (TPSA) is 26.0 Å². The minimum Gasteiger partial charge on any atom is -0.321 e. The van der Waals surface area contributed by atoms with Gasteiger partial charge in [-0.05, 0) is 28.1 Å². The average molecular weight is 261 g/mol. The maximum atomic E-state index is 11.9. The zero-order valence-electron chi connectivity index (χ0n) is 5.59. The summed E-state index contributed by atoms with van der Waals surface area (Å²) in [4.78, 5) is 0.884. The van der Waals surface area contributed by atoms with Crippen LogP contribution in [0, 0.1) is 0 Å². The zero-order chi connectivity index (χ0) is 7.56. The van der Waals surface area contributed by atoms with E-state index in [1.54, 1.807) is 0 Å². The molecule has 0 aliphatic rings. The van der Waals surface area contributed by atoms with E-state index in [0.717, 1.165) is 8.66 Å². The van der Waals surface area contributed by atoms with E-state index >= 15 is 0 Å². The minimum atomic E-state index is -0.493. The van der Waals surface area contributed by atoms with Gasteiger partial charge in [-0.15, -0.1) is 23.7 Å². The van der Waals surface area contributed by atoms with Gasteiger partial charge >= 0.3 is 0 Å². The summed E-state index contributed by atoms with van der Waals surface area (Å²) in [7, 11) is 0. The Kier molecular flexibility index (Phi) is 5.25. The summed E-state index contributed by atoms with van der Waals surface area (Å²) >= 11 is 4.74. The molecule has 1 nitrogen and oxygen atoms in total. The van der Waals surface area contributed by atoms with Crippen LogP contribution in [0.1, 0.15) is 10.9 Å². The monoisotopic (exact) mass is 259 g/mol. The first-order valence-electron chi connectivity index (χ1n) is 2.81. The molecule has 0 saturated heterocycles. The molecule has 64 valence electrons. The van der Waals surface area contributed by atoms with E-state index in [1.165, 1.54) is 11.3 Å². The fourth-order valence-corrected chi connectivity index (χ4v) is 2.01. The van der Waals surface area contributed by atoms with Crippen LogP contribution in [0.5, 0.6) is 0 Å². The van der Waals surface area contributed by atoms with E-state index in [0.29, 0.717) is 0 Å². The lowest BCUT2D eigenvalue weighted by Crippen LogP contribution is -2.09. The highest BCUT2D eigenvalue weighted by Gasteiger charge is 2.06. The van der Waals surface area contributed by atoms with Crippen molar-refractivity contribution in [3.8, 4) is 0 Å². The lowest BCUT2D eigenvalue weighted by atomic mass is 10.3. The van der Waals surface area contributed by atoms with Crippen molar-refractivity contribution in [2.45, 2.75) is 6.04 Å². The number of alkyl halides is 1. The van der Waals surface area contributed by atoms with Crippen LogP contribution in [0.4, 0.5) is 4.39 Å². The van der Waals surface area contributed by atoms with Crippen molar-refractivity contribution >= 4 is 39.7 Å². The van der Waals surface area contributed by atoms with Crippen LogP contribution in [0.25, 0.3) is 0 Å². The highest BCUT2D eigenvalue weighted by Crippen LogP contribution is 2.26. The van der Waals surface area contributed by atoms with Crippen LogP contribution >= 0.6 is 39.7 Å². The Labute approximate surface area is 83.3 Å². The molecule has 11 heavy (non-hydrogen) atoms. The van der Waals surface area contributed by atoms with Crippen molar-refractivity contribution < 1.29 is 4.39 Å². The van der Waals surface area contributed by atoms with Gasteiger partial charge in [-0.25, -0.2) is 4.39 Å². The van der Waals surface area contributed by atoms with Crippen molar-refractivity contribution in [2.24, 2.45) is 5.73 Å². The van der Waals surface area contributed by atoms with E-state index in [1.807, 2.05) is 12.1 Å². The van der Waals surface area contributed by atoms with E-state index in [4.69, 9.17) is 5.73 Å². The van der Waals surface area contributed by atoms with Crippen molar-refractivity contribution in [2.75, 3.05) is 6.67 Å². The molecule has 0 unspecified atom stereocenters. The van der Waals surface area contributed by atoms with Gasteiger partial charge in [-0.3, -0.25) is 0 Å². The summed E-state index contributed by atoms with van der Waals surface area (Å²) in [5.41, 5.74) is 5.42. The first kappa shape index (κ1) is 11.4. The van der Waals surface area contributed by atoms with E-state index in [9.17, 15) is 4.39 Å². The molecule has 0 aliphatic heterocycles. The smallest absolute Gasteiger partial charge is 0.109 e. The normalized spacial score (nSPS) is 12.3. The van der Waals surface area contributed by atoms with E-state index < -0.39 is 12.7 Å². The fraction of sp³-hybridized carbons (Fsp3) is 0.333. The number of halogens is 3. The molecule has 1 atom stereocenters. The van der Waals surface area contributed by atoms with E-state index in [2.05, 4.69) is 15.9 Å². The summed E-state index contributed by atoms with van der Waals surface area (Å²) in [6.45, 7) is -0.493. The number of rotatable bonds is 2. The summed E-state index contributed by atoms with van der Waals surface area (Å²) in [6.07, 6.45) is 0. The Morgan fingerprint density at radius 2 is 2.27 bits per heavy atom. The number of hydrogen-bond donors (Lipinski definition) is 1. The summed E-state index contributed by atoms with van der Waals surface area (Å²) in [5.74, 6) is 0. The van der Waals surface area contributed by atoms with Gasteiger partial charge < -0.3 is 5.73 Å². The highest BCUT2D eigenvalue weighted by atomic mass is 79.9. The Bertz CT molecular complexity index is 218. The molecule has 5 heteroatoms. The van der Waals surface area contributed by atoms with Gasteiger partial charge in [-0.1, -0.05) is 0 Å². The molecule has 1 heterocycles. The molecule has 1 aromatic rings. The van der Waals surface area contributed by atoms with Crippen LogP contribution in [0.15, 0.2) is 15.9 Å². The van der Waals surface area contributed by atoms with Crippen molar-refractivity contribution in [1.29, 1.82) is 0 Å². The lowest BCUT2D eigenvalue weighted by molar-refractivity contribution is 0.440. The van der Waals surface area contributed by atoms with Crippen LogP contribution in [-0.2, 0) is 0 Å². The largest absolute Gasteiger partial charge is 0.321 e. The van der Waals surface area contributed by atoms with Crippen LogP contribution in [-0.4, -0.2) is 6.67 Å². The van der Waals surface area contributed by atoms with E-state index in [-0.39, 0.29) is 12.4 Å². The molecule has 0 amide bonds. The Morgan fingerprint density at radius 3 is 2.64 bits per heavy atom. The quantitative estimate of drug-likeness (QED) is 0.869. The number of nitrogens with two attached hydrogens (primary N) is 1. The van der Waals surface area contributed by atoms with Gasteiger partial charge in [0.15, 0.2) is 0 Å². The molecule has 0 bridgehead atoms. The molecule has 0 saturated carbocycles. The summed E-state index contributed by atoms with van der Waals surface area (Å²) < 4.78 is 12.9. The molecular weight excluding hydrogens is 252 g/mol. The fourth-order valence-electron chi connectivity index (χ4n) is 0.604. The second-order valence-corrected chi connectivity index (χ2v) is 4.40. The molecule has 1 aromatic heterocycles. The standard InChI is InChI=1S/C6H7BrFNS.ClH/c7-6-2-1-5(10-6)4(9)3-8;/h1-2,4H,3,9H2;1H/t4-;/m1./s1. The third kappa shape index (κ3) is 3.07. The Morgan fingerprint density at radius 1 is 1.64 bits per heavy atom. The minimum absolute atomic E-state index is 0. The molecule has 0 fully saturated rings. The van der Waals surface area contributed by atoms with Gasteiger partial charge in [0.25, 0.3) is 0 Å². The molecule has 2 N–H and O–H groups in total. The highest BCUT2D eigenvalue weighted by molar-refractivity contribution is 9.11. The van der Waals surface area contributed by atoms with Gasteiger partial charge in [0.2, 0.25) is 0 Å². The van der Waals surface area contributed by atoms with Crippen LogP contribution in [0.2, 0.25) is 0 Å². The van der Waals surface area contributed by atoms with Crippen LogP contribution < -0.4 is 5.73 Å². The molecule has 0 aromatic carbocycles. The first-order chi connectivity index (χ1) is 4.74. The molecular formula is C6H8BrClFNS. The third-order valence-corrected chi connectivity index (χ3v) is 2.88. The summed E-state index contributed by atoms with van der Waals surface area (Å²) in [5, 5.41) is 0. The Balaban J connectivity index is 0.000001000. The third-order valence-electron chi connectivity index (χ3n) is 1.13. The molecule has 1 rings (SSSR count). The number of hydrogen-bond acceptors (Lipinski definition) is 2. The van der Waals surface area contributed by atoms with Crippen molar-refractivity contribution in [3.63, 3.8) is 0 Å².